The van der Waals surface area contributed by atoms with E-state index in [1.165, 1.54) is 38.5 Å². The molecular weight excluding hydrogens is 264 g/mol. The highest BCUT2D eigenvalue weighted by atomic mass is 16.2. The molecule has 21 heavy (non-hydrogen) atoms. The van der Waals surface area contributed by atoms with Crippen LogP contribution in [0.15, 0.2) is 0 Å². The summed E-state index contributed by atoms with van der Waals surface area (Å²) in [6.45, 7) is 3.48. The molecule has 0 aromatic rings. The Morgan fingerprint density at radius 2 is 1.05 bits per heavy atom. The fourth-order valence-electron chi connectivity index (χ4n) is 3.33. The fraction of sp³-hybridized carbons (Fsp3) is 0.882. The number of carbonyl (C=O) groups is 2. The zero-order chi connectivity index (χ0) is 15.3. The van der Waals surface area contributed by atoms with E-state index in [0.717, 1.165) is 25.7 Å². The van der Waals surface area contributed by atoms with E-state index in [1.807, 2.05) is 0 Å². The third-order valence-corrected chi connectivity index (χ3v) is 5.02. The molecule has 0 bridgehead atoms. The molecule has 0 spiro atoms. The molecule has 4 heteroatoms. The second-order valence-corrected chi connectivity index (χ2v) is 7.24. The average molecular weight is 294 g/mol. The van der Waals surface area contributed by atoms with Gasteiger partial charge in [-0.15, -0.1) is 0 Å². The third kappa shape index (κ3) is 4.45. The maximum absolute atomic E-state index is 12.4. The van der Waals surface area contributed by atoms with E-state index in [-0.39, 0.29) is 23.9 Å². The lowest BCUT2D eigenvalue weighted by molar-refractivity contribution is -0.142. The number of nitrogens with one attached hydrogen (secondary N) is 2. The van der Waals surface area contributed by atoms with E-state index in [9.17, 15) is 9.59 Å². The van der Waals surface area contributed by atoms with Crippen molar-refractivity contribution in [2.24, 2.45) is 5.41 Å². The van der Waals surface area contributed by atoms with Crippen LogP contribution >= 0.6 is 0 Å². The summed E-state index contributed by atoms with van der Waals surface area (Å²) in [5, 5.41) is 6.16. The minimum atomic E-state index is -0.977. The maximum Gasteiger partial charge on any atom is 0.235 e. The van der Waals surface area contributed by atoms with Crippen molar-refractivity contribution in [2.45, 2.75) is 90.1 Å². The topological polar surface area (TPSA) is 58.2 Å². The van der Waals surface area contributed by atoms with E-state index in [4.69, 9.17) is 0 Å². The van der Waals surface area contributed by atoms with E-state index < -0.39 is 5.41 Å². The van der Waals surface area contributed by atoms with Crippen LogP contribution in [0.3, 0.4) is 0 Å². The molecule has 2 saturated carbocycles. The van der Waals surface area contributed by atoms with Crippen LogP contribution in [0.2, 0.25) is 0 Å². The molecule has 0 saturated heterocycles. The Morgan fingerprint density at radius 1 is 0.714 bits per heavy atom. The lowest BCUT2D eigenvalue weighted by Crippen LogP contribution is -2.52. The minimum Gasteiger partial charge on any atom is -0.352 e. The number of carbonyl (C=O) groups excluding carboxylic acids is 2. The monoisotopic (exact) mass is 294 g/mol. The van der Waals surface area contributed by atoms with Gasteiger partial charge in [0.1, 0.15) is 5.41 Å². The first-order valence-electron chi connectivity index (χ1n) is 8.62. The molecule has 2 aliphatic carbocycles. The van der Waals surface area contributed by atoms with Crippen molar-refractivity contribution in [3.8, 4) is 0 Å². The van der Waals surface area contributed by atoms with Crippen molar-refractivity contribution >= 4 is 11.8 Å². The first-order valence-corrected chi connectivity index (χ1v) is 8.62. The number of amides is 2. The van der Waals surface area contributed by atoms with Gasteiger partial charge in [-0.3, -0.25) is 9.59 Å². The minimum absolute atomic E-state index is 0.122. The molecule has 4 nitrogen and oxygen atoms in total. The zero-order valence-electron chi connectivity index (χ0n) is 13.5. The predicted octanol–water partition coefficient (Wildman–Crippen LogP) is 2.91. The summed E-state index contributed by atoms with van der Waals surface area (Å²) in [4.78, 5) is 24.9. The molecule has 0 radical (unpaired) electrons. The summed E-state index contributed by atoms with van der Waals surface area (Å²) in [7, 11) is 0. The van der Waals surface area contributed by atoms with E-state index >= 15 is 0 Å². The Balaban J connectivity index is 1.85. The van der Waals surface area contributed by atoms with E-state index in [0.29, 0.717) is 0 Å². The summed E-state index contributed by atoms with van der Waals surface area (Å²) in [5.41, 5.74) is -0.977. The van der Waals surface area contributed by atoms with Crippen LogP contribution in [-0.4, -0.2) is 23.9 Å². The zero-order valence-corrected chi connectivity index (χ0v) is 13.5. The Bertz CT molecular complexity index is 333. The SMILES string of the molecule is CC(C)(C(=O)NC1CCCCC1)C(=O)NC1CCCCC1. The van der Waals surface area contributed by atoms with Crippen molar-refractivity contribution in [1.82, 2.24) is 10.6 Å². The molecule has 0 heterocycles. The van der Waals surface area contributed by atoms with Gasteiger partial charge >= 0.3 is 0 Å². The highest BCUT2D eigenvalue weighted by Crippen LogP contribution is 2.23. The van der Waals surface area contributed by atoms with Crippen LogP contribution in [0.4, 0.5) is 0 Å². The van der Waals surface area contributed by atoms with Gasteiger partial charge in [0.25, 0.3) is 0 Å². The molecule has 0 aliphatic heterocycles. The number of hydrogen-bond acceptors (Lipinski definition) is 2. The van der Waals surface area contributed by atoms with Crippen molar-refractivity contribution in [1.29, 1.82) is 0 Å². The second kappa shape index (κ2) is 7.28. The van der Waals surface area contributed by atoms with Crippen molar-refractivity contribution < 1.29 is 9.59 Å². The first-order chi connectivity index (χ1) is 10.00. The summed E-state index contributed by atoms with van der Waals surface area (Å²) in [6.07, 6.45) is 11.4. The Labute approximate surface area is 128 Å². The van der Waals surface area contributed by atoms with Gasteiger partial charge in [0, 0.05) is 12.1 Å². The molecular formula is C17H30N2O2. The van der Waals surface area contributed by atoms with Crippen LogP contribution in [0.25, 0.3) is 0 Å². The van der Waals surface area contributed by atoms with Gasteiger partial charge in [0.05, 0.1) is 0 Å². The molecule has 120 valence electrons. The molecule has 0 atom stereocenters. The van der Waals surface area contributed by atoms with Crippen molar-refractivity contribution in [3.05, 3.63) is 0 Å². The lowest BCUT2D eigenvalue weighted by atomic mass is 9.87. The predicted molar refractivity (Wildman–Crippen MR) is 83.8 cm³/mol. The Kier molecular flexibility index (Phi) is 5.65. The third-order valence-electron chi connectivity index (χ3n) is 5.02. The maximum atomic E-state index is 12.4. The van der Waals surface area contributed by atoms with Crippen LogP contribution in [-0.2, 0) is 9.59 Å². The second-order valence-electron chi connectivity index (χ2n) is 7.24. The largest absolute Gasteiger partial charge is 0.352 e. The molecule has 0 aromatic carbocycles. The molecule has 2 rings (SSSR count). The molecule has 0 unspecified atom stereocenters. The number of hydrogen-bond donors (Lipinski definition) is 2. The Morgan fingerprint density at radius 3 is 1.38 bits per heavy atom. The van der Waals surface area contributed by atoms with Crippen LogP contribution in [0.5, 0.6) is 0 Å². The lowest BCUT2D eigenvalue weighted by Gasteiger charge is -2.31. The van der Waals surface area contributed by atoms with Gasteiger partial charge in [0.2, 0.25) is 11.8 Å². The summed E-state index contributed by atoms with van der Waals surface area (Å²) < 4.78 is 0. The molecule has 2 N–H and O–H groups in total. The fourth-order valence-corrected chi connectivity index (χ4v) is 3.33. The molecule has 2 fully saturated rings. The Hall–Kier alpha value is -1.06. The number of rotatable bonds is 4. The van der Waals surface area contributed by atoms with Gasteiger partial charge in [-0.2, -0.15) is 0 Å². The van der Waals surface area contributed by atoms with Crippen LogP contribution in [0, 0.1) is 5.41 Å². The summed E-state index contributed by atoms with van der Waals surface area (Å²) in [6, 6.07) is 0.515. The first kappa shape index (κ1) is 16.3. The quantitative estimate of drug-likeness (QED) is 0.783. The van der Waals surface area contributed by atoms with Gasteiger partial charge in [-0.1, -0.05) is 38.5 Å². The van der Waals surface area contributed by atoms with Gasteiger partial charge in [-0.25, -0.2) is 0 Å². The van der Waals surface area contributed by atoms with Crippen molar-refractivity contribution in [2.75, 3.05) is 0 Å². The van der Waals surface area contributed by atoms with Gasteiger partial charge in [0.15, 0.2) is 0 Å². The summed E-state index contributed by atoms with van der Waals surface area (Å²) in [5.74, 6) is -0.245. The normalized spacial score (nSPS) is 21.8. The van der Waals surface area contributed by atoms with Crippen LogP contribution < -0.4 is 10.6 Å². The smallest absolute Gasteiger partial charge is 0.235 e. The molecule has 2 aliphatic rings. The van der Waals surface area contributed by atoms with Crippen LogP contribution in [0.1, 0.15) is 78.1 Å². The molecule has 0 aromatic heterocycles. The standard InChI is InChI=1S/C17H30N2O2/c1-17(2,15(20)18-13-9-5-3-6-10-13)16(21)19-14-11-7-4-8-12-14/h13-14H,3-12H2,1-2H3,(H,18,20)(H,19,21). The van der Waals surface area contributed by atoms with E-state index in [2.05, 4.69) is 10.6 Å². The van der Waals surface area contributed by atoms with Crippen molar-refractivity contribution in [3.63, 3.8) is 0 Å². The van der Waals surface area contributed by atoms with Gasteiger partial charge < -0.3 is 10.6 Å². The molecule has 2 amide bonds. The highest BCUT2D eigenvalue weighted by molar-refractivity contribution is 6.04. The summed E-state index contributed by atoms with van der Waals surface area (Å²) >= 11 is 0. The highest BCUT2D eigenvalue weighted by Gasteiger charge is 2.38. The average Bonchev–Trinajstić information content (AvgIpc) is 2.49. The van der Waals surface area contributed by atoms with E-state index in [1.54, 1.807) is 13.8 Å². The van der Waals surface area contributed by atoms with Gasteiger partial charge in [-0.05, 0) is 39.5 Å².